The average Bonchev–Trinajstić information content (AvgIpc) is 3.80. The fraction of sp³-hybridized carbons (Fsp3) is 0.667. The molecule has 3 aromatic heterocycles. The summed E-state index contributed by atoms with van der Waals surface area (Å²) in [5.74, 6) is -1.52. The quantitative estimate of drug-likeness (QED) is 0.0680. The predicted molar refractivity (Wildman–Crippen MR) is 213 cm³/mol. The molecule has 20 nitrogen and oxygen atoms in total. The van der Waals surface area contributed by atoms with Crippen molar-refractivity contribution in [2.45, 2.75) is 108 Å². The van der Waals surface area contributed by atoms with Crippen LogP contribution in [0.2, 0.25) is 18.1 Å². The van der Waals surface area contributed by atoms with Crippen LogP contribution >= 0.6 is 15.0 Å². The second-order valence-corrected chi connectivity index (χ2v) is 24.0. The van der Waals surface area contributed by atoms with Crippen LogP contribution in [0, 0.1) is 23.2 Å². The molecule has 0 bridgehead atoms. The van der Waals surface area contributed by atoms with Gasteiger partial charge in [0.2, 0.25) is 11.9 Å². The van der Waals surface area contributed by atoms with Gasteiger partial charge in [-0.2, -0.15) is 10.2 Å². The molecule has 10 atom stereocenters. The zero-order valence-electron chi connectivity index (χ0n) is 33.0. The highest BCUT2D eigenvalue weighted by molar-refractivity contribution is 8.07. The van der Waals surface area contributed by atoms with Crippen LogP contribution in [0.3, 0.4) is 0 Å². The summed E-state index contributed by atoms with van der Waals surface area (Å²) in [6.07, 6.45) is -3.79. The molecule has 1 aliphatic heterocycles. The van der Waals surface area contributed by atoms with Crippen LogP contribution < -0.4 is 16.2 Å². The Bertz CT molecular complexity index is 2070. The Morgan fingerprint density at radius 1 is 1.28 bits per heavy atom. The SMILES string of the molecule is CC(C)C(=O)Nc1nc2c(ncn2[C@@H]2O[C@H](CO)[C@@H](O[Si](C)(C)C(C)(C)C)[C@@H]2OP(=S)(OCCC#N)OC[C@H]2C[C@@H](Nc3ccncn3)[C@H](F)[C@@H]2O[P+](=O)O)c(=O)[nH]1. The number of ether oxygens (including phenoxy) is 1. The molecule has 1 saturated carbocycles. The molecular formula is C33H49FN9O11P2SSi+. The van der Waals surface area contributed by atoms with Crippen LogP contribution in [-0.4, -0.2) is 110 Å². The molecule has 0 aromatic carbocycles. The number of alkyl halides is 1. The van der Waals surface area contributed by atoms with E-state index in [2.05, 4.69) is 35.6 Å². The van der Waals surface area contributed by atoms with E-state index in [1.165, 1.54) is 29.5 Å². The lowest BCUT2D eigenvalue weighted by Gasteiger charge is -2.41. The maximum absolute atomic E-state index is 15.9. The van der Waals surface area contributed by atoms with E-state index < -0.39 is 96.1 Å². The molecule has 0 spiro atoms. The lowest BCUT2D eigenvalue weighted by Crippen LogP contribution is -2.50. The first-order valence-corrected chi connectivity index (χ1v) is 25.0. The van der Waals surface area contributed by atoms with Gasteiger partial charge in [0.1, 0.15) is 30.5 Å². The molecule has 318 valence electrons. The second kappa shape index (κ2) is 19.0. The number of nitrogens with one attached hydrogen (secondary N) is 3. The number of aliphatic hydroxyl groups excluding tert-OH is 1. The zero-order chi connectivity index (χ0) is 42.6. The first kappa shape index (κ1) is 45.8. The zero-order valence-corrected chi connectivity index (χ0v) is 36.6. The third-order valence-corrected chi connectivity index (χ3v) is 17.4. The second-order valence-electron chi connectivity index (χ2n) is 15.6. The highest BCUT2D eigenvalue weighted by Gasteiger charge is 2.55. The minimum Gasteiger partial charge on any atom is -0.408 e. The summed E-state index contributed by atoms with van der Waals surface area (Å²) in [5.41, 5.74) is -0.762. The molecule has 5 rings (SSSR count). The molecule has 1 amide bonds. The van der Waals surface area contributed by atoms with Crippen molar-refractivity contribution in [2.24, 2.45) is 11.8 Å². The van der Waals surface area contributed by atoms with E-state index in [-0.39, 0.29) is 48.2 Å². The number of hydrogen-bond donors (Lipinski definition) is 5. The molecule has 2 aliphatic rings. The van der Waals surface area contributed by atoms with Gasteiger partial charge in [-0.1, -0.05) is 34.6 Å². The van der Waals surface area contributed by atoms with Gasteiger partial charge in [0.15, 0.2) is 38.0 Å². The molecular weight excluding hydrogens is 840 g/mol. The highest BCUT2D eigenvalue weighted by atomic mass is 32.5. The first-order chi connectivity index (χ1) is 27.3. The van der Waals surface area contributed by atoms with Gasteiger partial charge in [0.25, 0.3) is 5.56 Å². The number of carbonyl (C=O) groups is 1. The van der Waals surface area contributed by atoms with E-state index in [1.54, 1.807) is 13.8 Å². The number of halogens is 1. The molecule has 2 fully saturated rings. The van der Waals surface area contributed by atoms with E-state index in [0.29, 0.717) is 5.82 Å². The van der Waals surface area contributed by atoms with E-state index in [9.17, 15) is 29.4 Å². The number of fused-ring (bicyclic) bond motifs is 1. The number of rotatable bonds is 18. The number of nitrogens with zero attached hydrogens (tertiary/aromatic N) is 6. The van der Waals surface area contributed by atoms with Crippen LogP contribution in [0.25, 0.3) is 11.2 Å². The average molecular weight is 889 g/mol. The van der Waals surface area contributed by atoms with Gasteiger partial charge in [-0.25, -0.2) is 19.3 Å². The Morgan fingerprint density at radius 2 is 2.02 bits per heavy atom. The summed E-state index contributed by atoms with van der Waals surface area (Å²) in [4.78, 5) is 54.5. The summed E-state index contributed by atoms with van der Waals surface area (Å²) in [5, 5.41) is 25.3. The molecule has 3 aromatic rings. The summed E-state index contributed by atoms with van der Waals surface area (Å²) in [6, 6.07) is 2.60. The van der Waals surface area contributed by atoms with E-state index >= 15 is 4.39 Å². The van der Waals surface area contributed by atoms with Crippen molar-refractivity contribution in [1.82, 2.24) is 29.5 Å². The fourth-order valence-corrected chi connectivity index (χ4v) is 10.0. The summed E-state index contributed by atoms with van der Waals surface area (Å²) in [6.45, 7) is 8.22. The smallest absolute Gasteiger partial charge is 0.408 e. The molecule has 2 unspecified atom stereocenters. The Morgan fingerprint density at radius 3 is 2.64 bits per heavy atom. The lowest BCUT2D eigenvalue weighted by atomic mass is 10.1. The normalized spacial score (nSPS) is 26.4. The number of H-pyrrole nitrogens is 1. The van der Waals surface area contributed by atoms with Gasteiger partial charge in [-0.3, -0.25) is 29.0 Å². The first-order valence-electron chi connectivity index (χ1n) is 18.4. The van der Waals surface area contributed by atoms with Gasteiger partial charge >= 0.3 is 15.0 Å². The fourth-order valence-electron chi connectivity index (χ4n) is 6.12. The van der Waals surface area contributed by atoms with Crippen LogP contribution in [-0.2, 0) is 48.4 Å². The van der Waals surface area contributed by atoms with Gasteiger partial charge in [0.05, 0.1) is 44.7 Å². The Labute approximate surface area is 340 Å². The number of nitriles is 1. The Kier molecular flexibility index (Phi) is 15.0. The number of anilines is 2. The van der Waals surface area contributed by atoms with Crippen molar-refractivity contribution < 1.29 is 51.0 Å². The predicted octanol–water partition coefficient (Wildman–Crippen LogP) is 4.21. The molecule has 1 saturated heterocycles. The Hall–Kier alpha value is -3.23. The van der Waals surface area contributed by atoms with Gasteiger partial charge in [-0.15, -0.1) is 9.42 Å². The molecule has 0 radical (unpaired) electrons. The lowest BCUT2D eigenvalue weighted by molar-refractivity contribution is -0.118. The summed E-state index contributed by atoms with van der Waals surface area (Å²) >= 11 is 5.97. The van der Waals surface area contributed by atoms with Crippen molar-refractivity contribution in [3.8, 4) is 6.07 Å². The third kappa shape index (κ3) is 10.7. The number of aromatic nitrogens is 6. The van der Waals surface area contributed by atoms with Crippen LogP contribution in [0.15, 0.2) is 29.7 Å². The summed E-state index contributed by atoms with van der Waals surface area (Å²) in [7, 11) is -5.92. The number of imidazole rings is 1. The number of aromatic amines is 1. The van der Waals surface area contributed by atoms with Crippen molar-refractivity contribution in [2.75, 3.05) is 30.5 Å². The van der Waals surface area contributed by atoms with Crippen LogP contribution in [0.1, 0.15) is 53.7 Å². The molecule has 25 heteroatoms. The topological polar surface area (TPSA) is 267 Å². The van der Waals surface area contributed by atoms with E-state index in [0.717, 1.165) is 0 Å². The van der Waals surface area contributed by atoms with Gasteiger partial charge < -0.3 is 28.6 Å². The molecule has 5 N–H and O–H groups in total. The minimum atomic E-state index is -4.02. The summed E-state index contributed by atoms with van der Waals surface area (Å²) < 4.78 is 66.4. The maximum atomic E-state index is 15.9. The number of hydrogen-bond acceptors (Lipinski definition) is 17. The van der Waals surface area contributed by atoms with Crippen molar-refractivity contribution >= 4 is 63.9 Å². The number of carbonyl (C=O) groups excluding carboxylic acids is 1. The van der Waals surface area contributed by atoms with Crippen LogP contribution in [0.5, 0.6) is 0 Å². The molecule has 58 heavy (non-hydrogen) atoms. The largest absolute Gasteiger partial charge is 0.695 e. The number of amides is 1. The molecule has 1 aliphatic carbocycles. The van der Waals surface area contributed by atoms with Gasteiger partial charge in [0, 0.05) is 22.6 Å². The van der Waals surface area contributed by atoms with Gasteiger partial charge in [-0.05, 0) is 42.4 Å². The monoisotopic (exact) mass is 888 g/mol. The van der Waals surface area contributed by atoms with E-state index in [4.69, 9.17) is 39.1 Å². The molecule has 4 heterocycles. The number of aliphatic hydroxyl groups is 1. The van der Waals surface area contributed by atoms with Crippen molar-refractivity contribution in [3.05, 3.63) is 35.3 Å². The highest BCUT2D eigenvalue weighted by Crippen LogP contribution is 2.56. The Balaban J connectivity index is 1.53. The van der Waals surface area contributed by atoms with Crippen molar-refractivity contribution in [1.29, 1.82) is 5.26 Å². The van der Waals surface area contributed by atoms with E-state index in [1.807, 2.05) is 39.9 Å². The maximum Gasteiger partial charge on any atom is 0.695 e. The van der Waals surface area contributed by atoms with Crippen LogP contribution in [0.4, 0.5) is 16.2 Å². The van der Waals surface area contributed by atoms with Crippen molar-refractivity contribution in [3.63, 3.8) is 0 Å². The standard InChI is InChI=1S/C33H48FN9O11P2SSi/c1-18(2)29(45)41-32-40-28-24(30(46)42-32)38-17-43(28)31-27(26(21(14-44)51-31)54-58(6,7)33(3,4)5)53-56(57,49-12-8-10-35)50-15-19-13-20(23(34)25(19)52-55(47)48)39-22-9-11-36-16-37-22/h9,11,16-21,23,25-27,31,44H,8,12-15H2,1-7H3,(H3-,36,37,39,40,41,42,45,46,47,48)/p+1/t19-,20-,21-,23+,25-,26-,27+,31-,56?/m1/s1. The minimum absolute atomic E-state index is 0.00836. The third-order valence-electron chi connectivity index (χ3n) is 10.2.